The molecule has 0 heterocycles. The number of rotatable bonds is 1. The van der Waals surface area contributed by atoms with E-state index in [9.17, 15) is 0 Å². The molecule has 0 atom stereocenters. The lowest BCUT2D eigenvalue weighted by atomic mass is 10.8. The maximum atomic E-state index is 7.31. The van der Waals surface area contributed by atoms with Crippen molar-refractivity contribution >= 4 is 11.9 Å². The maximum Gasteiger partial charge on any atom is 0.213 e. The van der Waals surface area contributed by atoms with E-state index in [1.807, 2.05) is 0 Å². The highest BCUT2D eigenvalue weighted by Gasteiger charge is 1.97. The van der Waals surface area contributed by atoms with Crippen molar-refractivity contribution in [2.24, 2.45) is 10.8 Å². The van der Waals surface area contributed by atoms with Gasteiger partial charge in [-0.3, -0.25) is 5.41 Å². The number of nitrogens with one attached hydrogen (secondary N) is 2. The molecule has 0 aliphatic rings. The monoisotopic (exact) mass is 172 g/mol. The molecule has 12 heavy (non-hydrogen) atoms. The van der Waals surface area contributed by atoms with Gasteiger partial charge in [0.2, 0.25) is 11.9 Å². The van der Waals surface area contributed by atoms with E-state index in [1.165, 1.54) is 0 Å². The van der Waals surface area contributed by atoms with Crippen LogP contribution in [0.1, 0.15) is 0 Å². The smallest absolute Gasteiger partial charge is 0.213 e. The molecule has 0 bridgehead atoms. The third-order valence-corrected chi connectivity index (χ3v) is 1.18. The van der Waals surface area contributed by atoms with Gasteiger partial charge in [-0.1, -0.05) is 0 Å². The molecule has 0 aromatic heterocycles. The van der Waals surface area contributed by atoms with Crippen LogP contribution < -0.4 is 11.2 Å². The van der Waals surface area contributed by atoms with Gasteiger partial charge >= 0.3 is 0 Å². The standard InChI is InChI=1S/C6H16N6/c1-11(2)5(7)9-10-6(8)12(3)4/h1-4H3,(H2,7,9)(H2,8,10). The number of nitrogens with zero attached hydrogens (tertiary/aromatic N) is 3. The molecule has 70 valence electrons. The van der Waals surface area contributed by atoms with Crippen LogP contribution in [0.3, 0.4) is 0 Å². The molecule has 0 unspecified atom stereocenters. The van der Waals surface area contributed by atoms with Crippen LogP contribution in [-0.2, 0) is 0 Å². The molecule has 0 aromatic carbocycles. The summed E-state index contributed by atoms with van der Waals surface area (Å²) in [5, 5.41) is 11.1. The quantitative estimate of drug-likeness (QED) is 0.265. The molecule has 0 aliphatic carbocycles. The van der Waals surface area contributed by atoms with Crippen LogP contribution in [0.25, 0.3) is 0 Å². The summed E-state index contributed by atoms with van der Waals surface area (Å²) in [5.41, 5.74) is 7.96. The number of hydrogen-bond acceptors (Lipinski definition) is 2. The van der Waals surface area contributed by atoms with Crippen molar-refractivity contribution in [3.63, 3.8) is 0 Å². The van der Waals surface area contributed by atoms with Gasteiger partial charge in [0.15, 0.2) is 0 Å². The first-order valence-electron chi connectivity index (χ1n) is 3.47. The molecular weight excluding hydrogens is 156 g/mol. The molecule has 0 aromatic rings. The van der Waals surface area contributed by atoms with E-state index in [0.717, 1.165) is 0 Å². The highest BCUT2D eigenvalue weighted by molar-refractivity contribution is 5.81. The van der Waals surface area contributed by atoms with E-state index in [-0.39, 0.29) is 5.96 Å². The largest absolute Gasteiger partial charge is 0.368 e. The first-order valence-corrected chi connectivity index (χ1v) is 3.47. The van der Waals surface area contributed by atoms with Crippen LogP contribution in [-0.4, -0.2) is 49.9 Å². The lowest BCUT2D eigenvalue weighted by molar-refractivity contribution is 0.572. The lowest BCUT2D eigenvalue weighted by Crippen LogP contribution is -2.37. The number of guanidine groups is 2. The van der Waals surface area contributed by atoms with Gasteiger partial charge in [0.25, 0.3) is 0 Å². The summed E-state index contributed by atoms with van der Waals surface area (Å²) in [7, 11) is 7.05. The summed E-state index contributed by atoms with van der Waals surface area (Å²) in [4.78, 5) is 3.24. The van der Waals surface area contributed by atoms with Crippen molar-refractivity contribution in [3.05, 3.63) is 0 Å². The van der Waals surface area contributed by atoms with E-state index in [4.69, 9.17) is 11.1 Å². The molecular formula is C6H16N6. The van der Waals surface area contributed by atoms with E-state index < -0.39 is 0 Å². The summed E-state index contributed by atoms with van der Waals surface area (Å²) >= 11 is 0. The second-order valence-electron chi connectivity index (χ2n) is 2.72. The summed E-state index contributed by atoms with van der Waals surface area (Å²) in [6.45, 7) is 0. The summed E-state index contributed by atoms with van der Waals surface area (Å²) in [6.07, 6.45) is 0. The molecule has 4 N–H and O–H groups in total. The fraction of sp³-hybridized carbons (Fsp3) is 0.667. The highest BCUT2D eigenvalue weighted by Crippen LogP contribution is 1.76. The van der Waals surface area contributed by atoms with Crippen molar-refractivity contribution in [1.29, 1.82) is 5.41 Å². The Labute approximate surface area is 72.5 Å². The first-order chi connectivity index (χ1) is 5.45. The Morgan fingerprint density at radius 2 is 1.75 bits per heavy atom. The van der Waals surface area contributed by atoms with Crippen molar-refractivity contribution in [1.82, 2.24) is 15.2 Å². The Kier molecular flexibility index (Phi) is 3.89. The summed E-state index contributed by atoms with van der Waals surface area (Å²) in [6, 6.07) is 0. The van der Waals surface area contributed by atoms with E-state index in [1.54, 1.807) is 38.0 Å². The average Bonchev–Trinajstić information content (AvgIpc) is 1.98. The van der Waals surface area contributed by atoms with Crippen LogP contribution in [0.5, 0.6) is 0 Å². The molecule has 6 heteroatoms. The second kappa shape index (κ2) is 4.42. The topological polar surface area (TPSA) is 80.7 Å². The van der Waals surface area contributed by atoms with Gasteiger partial charge in [0.1, 0.15) is 0 Å². The first kappa shape index (κ1) is 10.5. The van der Waals surface area contributed by atoms with Gasteiger partial charge in [-0.05, 0) is 0 Å². The molecule has 0 amide bonds. The zero-order valence-corrected chi connectivity index (χ0v) is 7.92. The average molecular weight is 172 g/mol. The fourth-order valence-electron chi connectivity index (χ4n) is 0.310. The minimum atomic E-state index is 0.194. The van der Waals surface area contributed by atoms with Gasteiger partial charge in [-0.15, -0.1) is 5.10 Å². The predicted molar refractivity (Wildman–Crippen MR) is 49.9 cm³/mol. The molecule has 0 rings (SSSR count). The Morgan fingerprint density at radius 3 is 2.08 bits per heavy atom. The molecule has 0 aliphatic heterocycles. The minimum Gasteiger partial charge on any atom is -0.368 e. The van der Waals surface area contributed by atoms with Gasteiger partial charge in [0, 0.05) is 28.2 Å². The summed E-state index contributed by atoms with van der Waals surface area (Å²) in [5.74, 6) is 0.529. The fourth-order valence-corrected chi connectivity index (χ4v) is 0.310. The van der Waals surface area contributed by atoms with Gasteiger partial charge in [-0.25, -0.2) is 5.43 Å². The zero-order valence-electron chi connectivity index (χ0n) is 7.92. The van der Waals surface area contributed by atoms with Gasteiger partial charge < -0.3 is 15.5 Å². The van der Waals surface area contributed by atoms with Crippen molar-refractivity contribution in [2.45, 2.75) is 0 Å². The van der Waals surface area contributed by atoms with Crippen molar-refractivity contribution in [2.75, 3.05) is 28.2 Å². The molecule has 0 saturated carbocycles. The molecule has 0 saturated heterocycles. The minimum absolute atomic E-state index is 0.194. The Morgan fingerprint density at radius 1 is 1.25 bits per heavy atom. The normalized spacial score (nSPS) is 10.8. The van der Waals surface area contributed by atoms with Gasteiger partial charge in [0.05, 0.1) is 0 Å². The number of hydrazone groups is 1. The SMILES string of the molecule is CN(C)C(=N)N/N=C(\N)N(C)C. The molecule has 6 nitrogen and oxygen atoms in total. The highest BCUT2D eigenvalue weighted by atomic mass is 15.4. The van der Waals surface area contributed by atoms with Crippen LogP contribution in [0, 0.1) is 5.41 Å². The number of hydrogen-bond donors (Lipinski definition) is 3. The van der Waals surface area contributed by atoms with E-state index in [0.29, 0.717) is 5.96 Å². The maximum absolute atomic E-state index is 7.31. The Hall–Kier alpha value is -1.46. The third-order valence-electron chi connectivity index (χ3n) is 1.18. The van der Waals surface area contributed by atoms with Crippen LogP contribution >= 0.6 is 0 Å². The Balaban J connectivity index is 3.96. The van der Waals surface area contributed by atoms with Crippen LogP contribution in [0.15, 0.2) is 5.10 Å². The summed E-state index contributed by atoms with van der Waals surface area (Å²) < 4.78 is 0. The molecule has 0 spiro atoms. The molecule has 0 radical (unpaired) electrons. The van der Waals surface area contributed by atoms with Crippen LogP contribution in [0.2, 0.25) is 0 Å². The van der Waals surface area contributed by atoms with Crippen molar-refractivity contribution in [3.8, 4) is 0 Å². The number of nitrogens with two attached hydrogens (primary N) is 1. The third kappa shape index (κ3) is 3.65. The van der Waals surface area contributed by atoms with E-state index in [2.05, 4.69) is 10.5 Å². The predicted octanol–water partition coefficient (Wildman–Crippen LogP) is -1.14. The Bertz CT molecular complexity index is 182. The lowest BCUT2D eigenvalue weighted by Gasteiger charge is -2.14. The molecule has 0 fully saturated rings. The second-order valence-corrected chi connectivity index (χ2v) is 2.72. The van der Waals surface area contributed by atoms with E-state index >= 15 is 0 Å². The zero-order chi connectivity index (χ0) is 9.72. The van der Waals surface area contributed by atoms with Crippen LogP contribution in [0.4, 0.5) is 0 Å². The van der Waals surface area contributed by atoms with Gasteiger partial charge in [-0.2, -0.15) is 0 Å². The van der Waals surface area contributed by atoms with Crippen molar-refractivity contribution < 1.29 is 0 Å².